The van der Waals surface area contributed by atoms with Gasteiger partial charge in [-0.1, -0.05) is 6.92 Å². The molecule has 9 heteroatoms. The molecule has 0 aliphatic rings. The van der Waals surface area contributed by atoms with Crippen molar-refractivity contribution in [1.82, 2.24) is 10.0 Å². The molecule has 0 aliphatic carbocycles. The number of nitrogens with one attached hydrogen (secondary N) is 2. The van der Waals surface area contributed by atoms with Crippen LogP contribution in [0, 0.1) is 0 Å². The van der Waals surface area contributed by atoms with Gasteiger partial charge in [0.15, 0.2) is 0 Å². The van der Waals surface area contributed by atoms with Crippen molar-refractivity contribution in [3.8, 4) is 0 Å². The molecule has 0 fully saturated rings. The Morgan fingerprint density at radius 2 is 2.00 bits per heavy atom. The first-order valence-electron chi connectivity index (χ1n) is 5.85. The van der Waals surface area contributed by atoms with Crippen LogP contribution in [0.2, 0.25) is 0 Å². The van der Waals surface area contributed by atoms with Crippen LogP contribution in [0.4, 0.5) is 0 Å². The van der Waals surface area contributed by atoms with E-state index in [-0.39, 0.29) is 18.9 Å². The predicted octanol–water partition coefficient (Wildman–Crippen LogP) is -1.08. The molecular formula is C10H20N2O6S. The molecule has 1 atom stereocenters. The maximum atomic E-state index is 11.5. The Labute approximate surface area is 112 Å². The SMILES string of the molecule is CCCS(=O)(=O)NC(C)C(=O)NCCOCC(=O)O. The zero-order valence-corrected chi connectivity index (χ0v) is 11.8. The molecule has 0 aromatic rings. The van der Waals surface area contributed by atoms with Crippen molar-refractivity contribution < 1.29 is 27.9 Å². The van der Waals surface area contributed by atoms with Gasteiger partial charge in [-0.2, -0.15) is 0 Å². The first kappa shape index (κ1) is 17.8. The average Bonchev–Trinajstić information content (AvgIpc) is 2.26. The van der Waals surface area contributed by atoms with E-state index >= 15 is 0 Å². The standard InChI is InChI=1S/C10H20N2O6S/c1-3-6-19(16,17)12-8(2)10(15)11-4-5-18-7-9(13)14/h8,12H,3-7H2,1-2H3,(H,11,15)(H,13,14). The zero-order valence-electron chi connectivity index (χ0n) is 11.0. The lowest BCUT2D eigenvalue weighted by Crippen LogP contribution is -2.46. The van der Waals surface area contributed by atoms with E-state index in [1.807, 2.05) is 0 Å². The molecule has 1 unspecified atom stereocenters. The predicted molar refractivity (Wildman–Crippen MR) is 68.1 cm³/mol. The van der Waals surface area contributed by atoms with E-state index in [4.69, 9.17) is 9.84 Å². The van der Waals surface area contributed by atoms with Crippen molar-refractivity contribution in [3.63, 3.8) is 0 Å². The number of hydrogen-bond donors (Lipinski definition) is 3. The van der Waals surface area contributed by atoms with Gasteiger partial charge in [-0.25, -0.2) is 17.9 Å². The van der Waals surface area contributed by atoms with Gasteiger partial charge in [0.05, 0.1) is 18.4 Å². The summed E-state index contributed by atoms with van der Waals surface area (Å²) in [5.74, 6) is -1.61. The van der Waals surface area contributed by atoms with Crippen LogP contribution >= 0.6 is 0 Å². The first-order chi connectivity index (χ1) is 8.78. The Kier molecular flexibility index (Phi) is 8.28. The number of carbonyl (C=O) groups excluding carboxylic acids is 1. The molecule has 0 aliphatic heterocycles. The number of sulfonamides is 1. The van der Waals surface area contributed by atoms with Crippen LogP contribution in [0.3, 0.4) is 0 Å². The smallest absolute Gasteiger partial charge is 0.329 e. The molecule has 8 nitrogen and oxygen atoms in total. The minimum absolute atomic E-state index is 0.0354. The van der Waals surface area contributed by atoms with E-state index in [2.05, 4.69) is 10.0 Å². The fraction of sp³-hybridized carbons (Fsp3) is 0.800. The Morgan fingerprint density at radius 3 is 2.53 bits per heavy atom. The summed E-state index contributed by atoms with van der Waals surface area (Å²) >= 11 is 0. The first-order valence-corrected chi connectivity index (χ1v) is 7.51. The van der Waals surface area contributed by atoms with Crippen molar-refractivity contribution >= 4 is 21.9 Å². The van der Waals surface area contributed by atoms with E-state index in [0.717, 1.165) is 0 Å². The van der Waals surface area contributed by atoms with Crippen LogP contribution in [-0.4, -0.2) is 57.0 Å². The molecule has 1 amide bonds. The molecule has 112 valence electrons. The number of ether oxygens (including phenoxy) is 1. The lowest BCUT2D eigenvalue weighted by Gasteiger charge is -2.13. The molecule has 3 N–H and O–H groups in total. The molecule has 0 heterocycles. The van der Waals surface area contributed by atoms with E-state index in [9.17, 15) is 18.0 Å². The van der Waals surface area contributed by atoms with Gasteiger partial charge < -0.3 is 15.2 Å². The number of hydrogen-bond acceptors (Lipinski definition) is 5. The summed E-state index contributed by atoms with van der Waals surface area (Å²) in [7, 11) is -3.44. The Hall–Kier alpha value is -1.19. The third-order valence-electron chi connectivity index (χ3n) is 1.99. The molecular weight excluding hydrogens is 276 g/mol. The van der Waals surface area contributed by atoms with E-state index in [1.54, 1.807) is 6.92 Å². The van der Waals surface area contributed by atoms with Gasteiger partial charge in [0.25, 0.3) is 0 Å². The van der Waals surface area contributed by atoms with Crippen molar-refractivity contribution in [2.24, 2.45) is 0 Å². The molecule has 0 radical (unpaired) electrons. The second-order valence-corrected chi connectivity index (χ2v) is 5.77. The highest BCUT2D eigenvalue weighted by Crippen LogP contribution is 1.92. The number of aliphatic carboxylic acids is 1. The quantitative estimate of drug-likeness (QED) is 0.441. The van der Waals surface area contributed by atoms with E-state index < -0.39 is 34.5 Å². The summed E-state index contributed by atoms with van der Waals surface area (Å²) in [4.78, 5) is 21.6. The Balaban J connectivity index is 3.91. The number of rotatable bonds is 10. The van der Waals surface area contributed by atoms with Crippen molar-refractivity contribution in [2.45, 2.75) is 26.3 Å². The van der Waals surface area contributed by atoms with Crippen LogP contribution in [0.25, 0.3) is 0 Å². The fourth-order valence-electron chi connectivity index (χ4n) is 1.21. The highest BCUT2D eigenvalue weighted by molar-refractivity contribution is 7.89. The van der Waals surface area contributed by atoms with Crippen molar-refractivity contribution in [1.29, 1.82) is 0 Å². The summed E-state index contributed by atoms with van der Waals surface area (Å²) in [6.45, 7) is 2.89. The maximum absolute atomic E-state index is 11.5. The van der Waals surface area contributed by atoms with Gasteiger partial charge in [-0.05, 0) is 13.3 Å². The molecule has 0 saturated carbocycles. The second kappa shape index (κ2) is 8.83. The minimum Gasteiger partial charge on any atom is -0.480 e. The van der Waals surface area contributed by atoms with Gasteiger partial charge in [0.2, 0.25) is 15.9 Å². The topological polar surface area (TPSA) is 122 Å². The molecule has 0 spiro atoms. The van der Waals surface area contributed by atoms with Crippen LogP contribution in [-0.2, 0) is 24.3 Å². The summed E-state index contributed by atoms with van der Waals surface area (Å²) in [5.41, 5.74) is 0. The van der Waals surface area contributed by atoms with Crippen LogP contribution in [0.1, 0.15) is 20.3 Å². The summed E-state index contributed by atoms with van der Waals surface area (Å²) < 4.78 is 29.8. The number of carboxylic acid groups (broad SMARTS) is 1. The van der Waals surface area contributed by atoms with Gasteiger partial charge in [0.1, 0.15) is 6.61 Å². The average molecular weight is 296 g/mol. The number of carboxylic acids is 1. The van der Waals surface area contributed by atoms with Crippen molar-refractivity contribution in [2.75, 3.05) is 25.5 Å². The largest absolute Gasteiger partial charge is 0.480 e. The van der Waals surface area contributed by atoms with Gasteiger partial charge in [-0.15, -0.1) is 0 Å². The lowest BCUT2D eigenvalue weighted by atomic mass is 10.3. The molecule has 19 heavy (non-hydrogen) atoms. The summed E-state index contributed by atoms with van der Waals surface area (Å²) in [6.07, 6.45) is 0.465. The van der Waals surface area contributed by atoms with Crippen molar-refractivity contribution in [3.05, 3.63) is 0 Å². The lowest BCUT2D eigenvalue weighted by molar-refractivity contribution is -0.142. The van der Waals surface area contributed by atoms with Gasteiger partial charge in [0, 0.05) is 6.54 Å². The number of amides is 1. The van der Waals surface area contributed by atoms with E-state index in [0.29, 0.717) is 6.42 Å². The summed E-state index contributed by atoms with van der Waals surface area (Å²) in [5, 5.41) is 10.7. The van der Waals surface area contributed by atoms with E-state index in [1.165, 1.54) is 6.92 Å². The van der Waals surface area contributed by atoms with Crippen LogP contribution < -0.4 is 10.0 Å². The Bertz CT molecular complexity index is 395. The number of carbonyl (C=O) groups is 2. The monoisotopic (exact) mass is 296 g/mol. The zero-order chi connectivity index (χ0) is 14.9. The fourth-order valence-corrected chi connectivity index (χ4v) is 2.51. The molecule has 0 aromatic carbocycles. The normalized spacial score (nSPS) is 12.9. The summed E-state index contributed by atoms with van der Waals surface area (Å²) in [6, 6.07) is -0.879. The van der Waals surface area contributed by atoms with Crippen LogP contribution in [0.5, 0.6) is 0 Å². The van der Waals surface area contributed by atoms with Crippen LogP contribution in [0.15, 0.2) is 0 Å². The Morgan fingerprint density at radius 1 is 1.37 bits per heavy atom. The minimum atomic E-state index is -3.44. The molecule has 0 aromatic heterocycles. The van der Waals surface area contributed by atoms with Gasteiger partial charge in [-0.3, -0.25) is 4.79 Å². The molecule has 0 rings (SSSR count). The third-order valence-corrected chi connectivity index (χ3v) is 3.65. The maximum Gasteiger partial charge on any atom is 0.329 e. The van der Waals surface area contributed by atoms with Gasteiger partial charge >= 0.3 is 5.97 Å². The third kappa shape index (κ3) is 9.40. The second-order valence-electron chi connectivity index (χ2n) is 3.90. The highest BCUT2D eigenvalue weighted by Gasteiger charge is 2.18. The molecule has 0 bridgehead atoms. The molecule has 0 saturated heterocycles. The highest BCUT2D eigenvalue weighted by atomic mass is 32.2.